The molecule has 0 radical (unpaired) electrons. The minimum absolute atomic E-state index is 0. The highest BCUT2D eigenvalue weighted by atomic mass is 127. The molecule has 0 saturated carbocycles. The number of aryl methyl sites for hydroxylation is 2. The molecule has 1 fully saturated rings. The summed E-state index contributed by atoms with van der Waals surface area (Å²) in [5, 5.41) is 8.06. The van der Waals surface area contributed by atoms with Crippen molar-refractivity contribution in [2.24, 2.45) is 10.9 Å². The number of nitrogens with zero attached hydrogens (tertiary/aromatic N) is 3. The van der Waals surface area contributed by atoms with Crippen LogP contribution in [-0.4, -0.2) is 51.3 Å². The molecule has 2 heterocycles. The van der Waals surface area contributed by atoms with Gasteiger partial charge in [-0.3, -0.25) is 4.99 Å². The number of aliphatic imine (C=N–C) groups is 1. The number of hydrogen-bond acceptors (Lipinski definition) is 5. The van der Waals surface area contributed by atoms with E-state index in [0.29, 0.717) is 5.92 Å². The lowest BCUT2D eigenvalue weighted by Gasteiger charge is -2.21. The highest BCUT2D eigenvalue weighted by molar-refractivity contribution is 14.0. The summed E-state index contributed by atoms with van der Waals surface area (Å²) in [4.78, 5) is 12.7. The van der Waals surface area contributed by atoms with Gasteiger partial charge in [0.25, 0.3) is 0 Å². The SMILES string of the molecule is CN=C(NCCc1nc(C)c(C)s1)NCC1CCN(c2ccccc2OC)C1.I. The Balaban J connectivity index is 0.00000300. The highest BCUT2D eigenvalue weighted by Gasteiger charge is 2.24. The number of rotatable bonds is 7. The predicted molar refractivity (Wildman–Crippen MR) is 133 cm³/mol. The monoisotopic (exact) mass is 529 g/mol. The Kier molecular flexibility index (Phi) is 9.48. The minimum atomic E-state index is 0. The fraction of sp³-hybridized carbons (Fsp3) is 0.524. The zero-order valence-corrected chi connectivity index (χ0v) is 20.8. The second-order valence-electron chi connectivity index (χ2n) is 7.15. The van der Waals surface area contributed by atoms with E-state index in [4.69, 9.17) is 4.74 Å². The van der Waals surface area contributed by atoms with Crippen LogP contribution in [-0.2, 0) is 6.42 Å². The zero-order chi connectivity index (χ0) is 19.9. The van der Waals surface area contributed by atoms with Gasteiger partial charge in [-0.1, -0.05) is 12.1 Å². The fourth-order valence-electron chi connectivity index (χ4n) is 3.50. The molecule has 1 aromatic carbocycles. The van der Waals surface area contributed by atoms with E-state index in [9.17, 15) is 0 Å². The number of methoxy groups -OCH3 is 1. The summed E-state index contributed by atoms with van der Waals surface area (Å²) in [6.45, 7) is 8.04. The van der Waals surface area contributed by atoms with Crippen molar-refractivity contribution in [3.63, 3.8) is 0 Å². The number of para-hydroxylation sites is 2. The molecular weight excluding hydrogens is 497 g/mol. The summed E-state index contributed by atoms with van der Waals surface area (Å²) in [5.74, 6) is 2.40. The molecule has 29 heavy (non-hydrogen) atoms. The Bertz CT molecular complexity index is 791. The van der Waals surface area contributed by atoms with E-state index < -0.39 is 0 Å². The number of benzene rings is 1. The van der Waals surface area contributed by atoms with Gasteiger partial charge in [-0.2, -0.15) is 0 Å². The number of thiazole rings is 1. The average molecular weight is 529 g/mol. The third kappa shape index (κ3) is 6.47. The molecule has 8 heteroatoms. The lowest BCUT2D eigenvalue weighted by atomic mass is 10.1. The second kappa shape index (κ2) is 11.6. The first-order chi connectivity index (χ1) is 13.6. The lowest BCUT2D eigenvalue weighted by Crippen LogP contribution is -2.41. The first-order valence-electron chi connectivity index (χ1n) is 9.86. The largest absolute Gasteiger partial charge is 0.495 e. The molecular formula is C21H32IN5OS. The molecule has 1 saturated heterocycles. The molecule has 1 aliphatic rings. The number of guanidine groups is 1. The van der Waals surface area contributed by atoms with Gasteiger partial charge in [0.15, 0.2) is 5.96 Å². The molecule has 0 bridgehead atoms. The summed E-state index contributed by atoms with van der Waals surface area (Å²) >= 11 is 1.78. The van der Waals surface area contributed by atoms with Crippen molar-refractivity contribution in [1.29, 1.82) is 0 Å². The Morgan fingerprint density at radius 1 is 1.31 bits per heavy atom. The number of hydrogen-bond donors (Lipinski definition) is 2. The van der Waals surface area contributed by atoms with Crippen molar-refractivity contribution in [2.45, 2.75) is 26.7 Å². The van der Waals surface area contributed by atoms with Crippen LogP contribution < -0.4 is 20.3 Å². The molecule has 160 valence electrons. The summed E-state index contributed by atoms with van der Waals surface area (Å²) in [6, 6.07) is 8.25. The first kappa shape index (κ1) is 23.7. The summed E-state index contributed by atoms with van der Waals surface area (Å²) in [6.07, 6.45) is 2.09. The molecule has 0 aliphatic carbocycles. The number of ether oxygens (including phenoxy) is 1. The second-order valence-corrected chi connectivity index (χ2v) is 8.44. The smallest absolute Gasteiger partial charge is 0.191 e. The van der Waals surface area contributed by atoms with Crippen LogP contribution in [0.3, 0.4) is 0 Å². The minimum Gasteiger partial charge on any atom is -0.495 e. The zero-order valence-electron chi connectivity index (χ0n) is 17.7. The van der Waals surface area contributed by atoms with Gasteiger partial charge in [0.05, 0.1) is 23.5 Å². The van der Waals surface area contributed by atoms with Gasteiger partial charge in [0.2, 0.25) is 0 Å². The number of aromatic nitrogens is 1. The van der Waals surface area contributed by atoms with Crippen LogP contribution in [0.2, 0.25) is 0 Å². The molecule has 2 aromatic rings. The van der Waals surface area contributed by atoms with Gasteiger partial charge < -0.3 is 20.3 Å². The summed E-state index contributed by atoms with van der Waals surface area (Å²) < 4.78 is 5.51. The molecule has 1 aliphatic heterocycles. The number of halogens is 1. The first-order valence-corrected chi connectivity index (χ1v) is 10.7. The normalized spacial score (nSPS) is 16.5. The van der Waals surface area contributed by atoms with Crippen molar-refractivity contribution in [3.8, 4) is 5.75 Å². The third-order valence-electron chi connectivity index (χ3n) is 5.20. The molecule has 1 aromatic heterocycles. The molecule has 3 rings (SSSR count). The fourth-order valence-corrected chi connectivity index (χ4v) is 4.44. The maximum Gasteiger partial charge on any atom is 0.191 e. The van der Waals surface area contributed by atoms with E-state index in [0.717, 1.165) is 50.0 Å². The molecule has 1 unspecified atom stereocenters. The molecule has 2 N–H and O–H groups in total. The summed E-state index contributed by atoms with van der Waals surface area (Å²) in [7, 11) is 3.56. The van der Waals surface area contributed by atoms with Gasteiger partial charge in [-0.25, -0.2) is 4.98 Å². The van der Waals surface area contributed by atoms with Crippen LogP contribution in [0.25, 0.3) is 0 Å². The van der Waals surface area contributed by atoms with Crippen molar-refractivity contribution in [1.82, 2.24) is 15.6 Å². The third-order valence-corrected chi connectivity index (χ3v) is 6.33. The number of anilines is 1. The van der Waals surface area contributed by atoms with Gasteiger partial charge in [0, 0.05) is 44.5 Å². The molecule has 1 atom stereocenters. The van der Waals surface area contributed by atoms with Crippen molar-refractivity contribution < 1.29 is 4.74 Å². The van der Waals surface area contributed by atoms with Gasteiger partial charge in [-0.05, 0) is 38.3 Å². The predicted octanol–water partition coefficient (Wildman–Crippen LogP) is 3.62. The Morgan fingerprint density at radius 3 is 2.79 bits per heavy atom. The van der Waals surface area contributed by atoms with Crippen LogP contribution in [0, 0.1) is 19.8 Å². The molecule has 0 spiro atoms. The maximum absolute atomic E-state index is 5.51. The quantitative estimate of drug-likeness (QED) is 0.326. The van der Waals surface area contributed by atoms with Crippen LogP contribution >= 0.6 is 35.3 Å². The Morgan fingerprint density at radius 2 is 2.10 bits per heavy atom. The maximum atomic E-state index is 5.51. The lowest BCUT2D eigenvalue weighted by molar-refractivity contribution is 0.414. The van der Waals surface area contributed by atoms with Crippen LogP contribution in [0.4, 0.5) is 5.69 Å². The standard InChI is InChI=1S/C21H31N5OS.HI/c1-15-16(2)28-20(25-15)9-11-23-21(22-3)24-13-17-10-12-26(14-17)18-7-5-6-8-19(18)27-4;/h5-8,17H,9-14H2,1-4H3,(H2,22,23,24);1H. The van der Waals surface area contributed by atoms with Gasteiger partial charge >= 0.3 is 0 Å². The van der Waals surface area contributed by atoms with E-state index in [2.05, 4.69) is 51.5 Å². The number of nitrogens with one attached hydrogen (secondary N) is 2. The van der Waals surface area contributed by atoms with Gasteiger partial charge in [0.1, 0.15) is 5.75 Å². The molecule has 0 amide bonds. The van der Waals surface area contributed by atoms with Crippen molar-refractivity contribution >= 4 is 47.0 Å². The molecule has 6 nitrogen and oxygen atoms in total. The topological polar surface area (TPSA) is 61.8 Å². The van der Waals surface area contributed by atoms with Crippen LogP contribution in [0.1, 0.15) is 22.0 Å². The van der Waals surface area contributed by atoms with E-state index in [1.54, 1.807) is 18.4 Å². The Hall–Kier alpha value is -1.55. The van der Waals surface area contributed by atoms with E-state index >= 15 is 0 Å². The average Bonchev–Trinajstić information content (AvgIpc) is 3.31. The van der Waals surface area contributed by atoms with Crippen LogP contribution in [0.15, 0.2) is 29.3 Å². The Labute approximate surface area is 195 Å². The summed E-state index contributed by atoms with van der Waals surface area (Å²) in [5.41, 5.74) is 2.33. The van der Waals surface area contributed by atoms with Gasteiger partial charge in [-0.15, -0.1) is 35.3 Å². The van der Waals surface area contributed by atoms with E-state index in [1.807, 2.05) is 19.2 Å². The van der Waals surface area contributed by atoms with Crippen LogP contribution in [0.5, 0.6) is 5.75 Å². The van der Waals surface area contributed by atoms with E-state index in [1.165, 1.54) is 22.0 Å². The van der Waals surface area contributed by atoms with Crippen molar-refractivity contribution in [2.75, 3.05) is 45.2 Å². The van der Waals surface area contributed by atoms with E-state index in [-0.39, 0.29) is 24.0 Å². The highest BCUT2D eigenvalue weighted by Crippen LogP contribution is 2.31. The van der Waals surface area contributed by atoms with Crippen molar-refractivity contribution in [3.05, 3.63) is 39.8 Å².